The molecular weight excluding hydrogens is 239 g/mol. The Hall–Kier alpha value is -1.87. The average molecular weight is 258 g/mol. The molecule has 0 saturated carbocycles. The molecule has 3 heteroatoms. The zero-order valence-electron chi connectivity index (χ0n) is 11.1. The second kappa shape index (κ2) is 6.34. The fourth-order valence-corrected chi connectivity index (χ4v) is 2.28. The first-order valence-corrected chi connectivity index (χ1v) is 6.57. The third-order valence-electron chi connectivity index (χ3n) is 3.13. The topological polar surface area (TPSA) is 29.3 Å². The van der Waals surface area contributed by atoms with Crippen LogP contribution in [0, 0.1) is 5.82 Å². The Balaban J connectivity index is 2.42. The number of halogens is 1. The van der Waals surface area contributed by atoms with Crippen molar-refractivity contribution in [1.29, 1.82) is 0 Å². The highest BCUT2D eigenvalue weighted by molar-refractivity contribution is 5.66. The van der Waals surface area contributed by atoms with Gasteiger partial charge in [0.2, 0.25) is 0 Å². The third kappa shape index (κ3) is 3.12. The zero-order valence-corrected chi connectivity index (χ0v) is 11.1. The molecule has 2 nitrogen and oxygen atoms in total. The second-order valence-electron chi connectivity index (χ2n) is 4.39. The van der Waals surface area contributed by atoms with Crippen LogP contribution in [0.2, 0.25) is 0 Å². The van der Waals surface area contributed by atoms with E-state index >= 15 is 0 Å². The van der Waals surface area contributed by atoms with Crippen LogP contribution in [0.5, 0.6) is 0 Å². The lowest BCUT2D eigenvalue weighted by atomic mass is 10.1. The molecule has 19 heavy (non-hydrogen) atoms. The minimum atomic E-state index is -0.216. The summed E-state index contributed by atoms with van der Waals surface area (Å²) in [5.74, 6) is -0.216. The monoisotopic (exact) mass is 258 g/mol. The van der Waals surface area contributed by atoms with Gasteiger partial charge in [-0.1, -0.05) is 24.3 Å². The molecule has 0 bridgehead atoms. The predicted octanol–water partition coefficient (Wildman–Crippen LogP) is 3.48. The van der Waals surface area contributed by atoms with E-state index in [4.69, 9.17) is 5.73 Å². The molecule has 0 spiro atoms. The van der Waals surface area contributed by atoms with Crippen LogP contribution in [0.3, 0.4) is 0 Å². The van der Waals surface area contributed by atoms with Gasteiger partial charge in [0.15, 0.2) is 0 Å². The number of rotatable bonds is 5. The normalized spacial score (nSPS) is 10.5. The van der Waals surface area contributed by atoms with E-state index in [9.17, 15) is 4.39 Å². The lowest BCUT2D eigenvalue weighted by Gasteiger charge is -2.26. The predicted molar refractivity (Wildman–Crippen MR) is 78.3 cm³/mol. The SMILES string of the molecule is CCN(c1cccc(F)c1)c1ccccc1CCN. The summed E-state index contributed by atoms with van der Waals surface area (Å²) in [5.41, 5.74) is 8.81. The molecule has 100 valence electrons. The lowest BCUT2D eigenvalue weighted by molar-refractivity contribution is 0.627. The van der Waals surface area contributed by atoms with Gasteiger partial charge in [0.1, 0.15) is 5.82 Å². The zero-order chi connectivity index (χ0) is 13.7. The van der Waals surface area contributed by atoms with Crippen LogP contribution in [0.25, 0.3) is 0 Å². The van der Waals surface area contributed by atoms with Crippen molar-refractivity contribution >= 4 is 11.4 Å². The summed E-state index contributed by atoms with van der Waals surface area (Å²) in [6.45, 7) is 3.45. The summed E-state index contributed by atoms with van der Waals surface area (Å²) in [6.07, 6.45) is 0.821. The molecule has 0 saturated heterocycles. The number of hydrogen-bond donors (Lipinski definition) is 1. The Morgan fingerprint density at radius 3 is 2.58 bits per heavy atom. The molecule has 0 aliphatic rings. The van der Waals surface area contributed by atoms with Crippen LogP contribution in [0.15, 0.2) is 48.5 Å². The minimum absolute atomic E-state index is 0.216. The standard InChI is InChI=1S/C16H19FN2/c1-2-19(15-8-5-7-14(17)12-15)16-9-4-3-6-13(16)10-11-18/h3-9,12H,2,10-11,18H2,1H3. The summed E-state index contributed by atoms with van der Waals surface area (Å²) in [5, 5.41) is 0. The van der Waals surface area contributed by atoms with Crippen molar-refractivity contribution in [2.45, 2.75) is 13.3 Å². The molecule has 2 aromatic rings. The number of nitrogens with two attached hydrogens (primary N) is 1. The number of para-hydroxylation sites is 1. The van der Waals surface area contributed by atoms with Gasteiger partial charge in [-0.2, -0.15) is 0 Å². The van der Waals surface area contributed by atoms with Crippen molar-refractivity contribution in [2.75, 3.05) is 18.0 Å². The van der Waals surface area contributed by atoms with Gasteiger partial charge in [0, 0.05) is 17.9 Å². The van der Waals surface area contributed by atoms with Gasteiger partial charge in [-0.15, -0.1) is 0 Å². The molecule has 0 radical (unpaired) electrons. The Kier molecular flexibility index (Phi) is 4.53. The van der Waals surface area contributed by atoms with Crippen molar-refractivity contribution in [3.8, 4) is 0 Å². The summed E-state index contributed by atoms with van der Waals surface area (Å²) in [7, 11) is 0. The van der Waals surface area contributed by atoms with Crippen LogP contribution < -0.4 is 10.6 Å². The minimum Gasteiger partial charge on any atom is -0.341 e. The highest BCUT2D eigenvalue weighted by Crippen LogP contribution is 2.28. The van der Waals surface area contributed by atoms with Crippen molar-refractivity contribution < 1.29 is 4.39 Å². The number of hydrogen-bond acceptors (Lipinski definition) is 2. The highest BCUT2D eigenvalue weighted by Gasteiger charge is 2.11. The van der Waals surface area contributed by atoms with Crippen LogP contribution in [0.1, 0.15) is 12.5 Å². The lowest BCUT2D eigenvalue weighted by Crippen LogP contribution is -2.18. The van der Waals surface area contributed by atoms with E-state index in [2.05, 4.69) is 24.0 Å². The molecule has 2 N–H and O–H groups in total. The van der Waals surface area contributed by atoms with Gasteiger partial charge >= 0.3 is 0 Å². The Morgan fingerprint density at radius 1 is 1.11 bits per heavy atom. The molecule has 2 aromatic carbocycles. The van der Waals surface area contributed by atoms with Crippen molar-refractivity contribution in [3.63, 3.8) is 0 Å². The molecule has 2 rings (SSSR count). The van der Waals surface area contributed by atoms with E-state index in [0.717, 1.165) is 24.3 Å². The molecule has 0 fully saturated rings. The number of anilines is 2. The molecule has 0 aliphatic carbocycles. The first kappa shape index (κ1) is 13.6. The van der Waals surface area contributed by atoms with Crippen molar-refractivity contribution in [2.24, 2.45) is 5.73 Å². The fourth-order valence-electron chi connectivity index (χ4n) is 2.28. The maximum absolute atomic E-state index is 13.4. The van der Waals surface area contributed by atoms with Gasteiger partial charge in [0.25, 0.3) is 0 Å². The van der Waals surface area contributed by atoms with Crippen LogP contribution in [0.4, 0.5) is 15.8 Å². The van der Waals surface area contributed by atoms with Gasteiger partial charge < -0.3 is 10.6 Å². The van der Waals surface area contributed by atoms with E-state index in [1.807, 2.05) is 18.2 Å². The molecule has 0 heterocycles. The van der Waals surface area contributed by atoms with E-state index in [0.29, 0.717) is 6.54 Å². The van der Waals surface area contributed by atoms with Crippen LogP contribution in [-0.2, 0) is 6.42 Å². The number of benzene rings is 2. The van der Waals surface area contributed by atoms with Gasteiger partial charge in [0.05, 0.1) is 0 Å². The summed E-state index contributed by atoms with van der Waals surface area (Å²) in [4.78, 5) is 2.11. The van der Waals surface area contributed by atoms with Gasteiger partial charge in [-0.3, -0.25) is 0 Å². The van der Waals surface area contributed by atoms with E-state index in [1.54, 1.807) is 12.1 Å². The average Bonchev–Trinajstić information content (AvgIpc) is 2.42. The van der Waals surface area contributed by atoms with Crippen molar-refractivity contribution in [1.82, 2.24) is 0 Å². The van der Waals surface area contributed by atoms with Crippen molar-refractivity contribution in [3.05, 3.63) is 59.9 Å². The second-order valence-corrected chi connectivity index (χ2v) is 4.39. The van der Waals surface area contributed by atoms with E-state index in [-0.39, 0.29) is 5.82 Å². The smallest absolute Gasteiger partial charge is 0.125 e. The molecule has 0 amide bonds. The first-order chi connectivity index (χ1) is 9.26. The third-order valence-corrected chi connectivity index (χ3v) is 3.13. The van der Waals surface area contributed by atoms with E-state index < -0.39 is 0 Å². The van der Waals surface area contributed by atoms with E-state index in [1.165, 1.54) is 11.6 Å². The van der Waals surface area contributed by atoms with Gasteiger partial charge in [-0.25, -0.2) is 4.39 Å². The maximum Gasteiger partial charge on any atom is 0.125 e. The summed E-state index contributed by atoms with van der Waals surface area (Å²) in [6, 6.07) is 14.8. The Morgan fingerprint density at radius 2 is 1.89 bits per heavy atom. The Labute approximate surface area is 113 Å². The maximum atomic E-state index is 13.4. The molecule has 0 atom stereocenters. The molecule has 0 aliphatic heterocycles. The largest absolute Gasteiger partial charge is 0.341 e. The van der Waals surface area contributed by atoms with Gasteiger partial charge in [-0.05, 0) is 49.7 Å². The quantitative estimate of drug-likeness (QED) is 0.889. The van der Waals surface area contributed by atoms with Crippen LogP contribution >= 0.6 is 0 Å². The summed E-state index contributed by atoms with van der Waals surface area (Å²) >= 11 is 0. The summed E-state index contributed by atoms with van der Waals surface area (Å²) < 4.78 is 13.4. The number of nitrogens with zero attached hydrogens (tertiary/aromatic N) is 1. The molecule has 0 aromatic heterocycles. The Bertz CT molecular complexity index is 540. The molecule has 0 unspecified atom stereocenters. The van der Waals surface area contributed by atoms with Crippen LogP contribution in [-0.4, -0.2) is 13.1 Å². The molecular formula is C16H19FN2. The fraction of sp³-hybridized carbons (Fsp3) is 0.250. The first-order valence-electron chi connectivity index (χ1n) is 6.57. The highest BCUT2D eigenvalue weighted by atomic mass is 19.1.